The maximum atomic E-state index is 13.7. The predicted molar refractivity (Wildman–Crippen MR) is 146 cm³/mol. The van der Waals surface area contributed by atoms with Gasteiger partial charge in [-0.25, -0.2) is 23.3 Å². The van der Waals surface area contributed by atoms with Crippen LogP contribution in [0.1, 0.15) is 25.1 Å². The minimum Gasteiger partial charge on any atom is -0.460 e. The van der Waals surface area contributed by atoms with Gasteiger partial charge in [0.1, 0.15) is 25.0 Å². The van der Waals surface area contributed by atoms with Crippen molar-refractivity contribution in [1.82, 2.24) is 14.6 Å². The normalized spacial score (nSPS) is 23.5. The van der Waals surface area contributed by atoms with Gasteiger partial charge in [-0.15, -0.1) is 0 Å². The van der Waals surface area contributed by atoms with Crippen LogP contribution < -0.4 is 16.3 Å². The lowest BCUT2D eigenvalue weighted by Gasteiger charge is -2.25. The Labute approximate surface area is 244 Å². The van der Waals surface area contributed by atoms with E-state index < -0.39 is 77.3 Å². The summed E-state index contributed by atoms with van der Waals surface area (Å²) in [6.07, 6.45) is -3.53. The third-order valence-electron chi connectivity index (χ3n) is 5.74. The van der Waals surface area contributed by atoms with Crippen LogP contribution in [0.5, 0.6) is 0 Å². The second-order valence-corrected chi connectivity index (χ2v) is 15.1. The van der Waals surface area contributed by atoms with Crippen molar-refractivity contribution in [2.75, 3.05) is 27.5 Å². The molecule has 4 unspecified atom stereocenters. The number of benzene rings is 1. The summed E-state index contributed by atoms with van der Waals surface area (Å²) in [4.78, 5) is 37.4. The Hall–Kier alpha value is -2.33. The van der Waals surface area contributed by atoms with Crippen molar-refractivity contribution in [3.8, 4) is 0 Å². The zero-order valence-corrected chi connectivity index (χ0v) is 26.0. The Kier molecular flexibility index (Phi) is 12.0. The molecule has 240 valence electrons. The SMILES string of the molecule is COP(=O)(OC[C@H]1O[C@@H](n2cc(F)c(=O)[nH]c2=O)CC1O)OP(=O)(OC)OP(C)(=O)N[C@@H](C)C(=O)OCc1ccccc1. The third kappa shape index (κ3) is 9.83. The highest BCUT2D eigenvalue weighted by molar-refractivity contribution is 7.70. The first-order valence-corrected chi connectivity index (χ1v) is 17.4. The fourth-order valence-electron chi connectivity index (χ4n) is 3.66. The minimum atomic E-state index is -4.98. The second-order valence-electron chi connectivity index (χ2n) is 9.08. The standard InChI is InChI=1S/C22H31FN3O14P3/c1-14(21(29)36-12-15-8-6-5-7-9-15)25-41(4,31)39-43(33,35-3)40-42(32,34-2)37-13-18-17(27)10-19(38-18)26-11-16(23)20(28)24-22(26)30/h5-9,11,14,17-19,27H,10,12-13H2,1-4H3,(H,25,31)(H,24,28,30)/t14-,17?,18+,19+,41?,42?,43?/m0/s1. The van der Waals surface area contributed by atoms with Gasteiger partial charge in [0.05, 0.1) is 18.9 Å². The van der Waals surface area contributed by atoms with Crippen LogP contribution in [0.15, 0.2) is 46.1 Å². The minimum absolute atomic E-state index is 0.0623. The Bertz CT molecular complexity index is 1540. The summed E-state index contributed by atoms with van der Waals surface area (Å²) < 4.78 is 88.6. The van der Waals surface area contributed by atoms with Gasteiger partial charge in [0.25, 0.3) is 13.1 Å². The van der Waals surface area contributed by atoms with Gasteiger partial charge in [0.15, 0.2) is 0 Å². The first-order valence-electron chi connectivity index (χ1n) is 12.4. The third-order valence-corrected chi connectivity index (χ3v) is 11.6. The second kappa shape index (κ2) is 14.6. The highest BCUT2D eigenvalue weighted by atomic mass is 31.3. The quantitative estimate of drug-likeness (QED) is 0.183. The number of hydrogen-bond donors (Lipinski definition) is 3. The van der Waals surface area contributed by atoms with Crippen molar-refractivity contribution in [3.05, 3.63) is 68.7 Å². The highest BCUT2D eigenvalue weighted by Gasteiger charge is 2.45. The molecule has 43 heavy (non-hydrogen) atoms. The van der Waals surface area contributed by atoms with Gasteiger partial charge in [0, 0.05) is 27.3 Å². The molecule has 3 rings (SSSR count). The Balaban J connectivity index is 1.60. The summed E-state index contributed by atoms with van der Waals surface area (Å²) in [5, 5.41) is 12.7. The van der Waals surface area contributed by atoms with Crippen LogP contribution in [0, 0.1) is 5.82 Å². The molecule has 1 saturated heterocycles. The lowest BCUT2D eigenvalue weighted by atomic mass is 10.2. The summed E-state index contributed by atoms with van der Waals surface area (Å²) in [5.74, 6) is -2.08. The number of carbonyl (C=O) groups is 1. The number of carbonyl (C=O) groups excluding carboxylic acids is 1. The van der Waals surface area contributed by atoms with E-state index in [1.54, 1.807) is 35.3 Å². The van der Waals surface area contributed by atoms with Gasteiger partial charge in [-0.05, 0) is 12.5 Å². The number of H-pyrrole nitrogens is 1. The summed E-state index contributed by atoms with van der Waals surface area (Å²) in [6.45, 7) is 1.46. The summed E-state index contributed by atoms with van der Waals surface area (Å²) in [5.41, 5.74) is -1.55. The zero-order valence-electron chi connectivity index (χ0n) is 23.3. The number of nitrogens with zero attached hydrogens (tertiary/aromatic N) is 1. The van der Waals surface area contributed by atoms with Crippen LogP contribution in [0.3, 0.4) is 0 Å². The van der Waals surface area contributed by atoms with Gasteiger partial charge in [-0.1, -0.05) is 30.3 Å². The largest absolute Gasteiger partial charge is 0.490 e. The fourth-order valence-corrected chi connectivity index (χ4v) is 8.98. The van der Waals surface area contributed by atoms with Crippen LogP contribution in [0.25, 0.3) is 0 Å². The Morgan fingerprint density at radius 1 is 1.16 bits per heavy atom. The molecule has 0 bridgehead atoms. The Morgan fingerprint density at radius 3 is 2.44 bits per heavy atom. The zero-order chi connectivity index (χ0) is 32.0. The predicted octanol–water partition coefficient (Wildman–Crippen LogP) is 2.43. The smallest absolute Gasteiger partial charge is 0.460 e. The summed E-state index contributed by atoms with van der Waals surface area (Å²) in [7, 11) is -12.3. The van der Waals surface area contributed by atoms with E-state index in [4.69, 9.17) is 27.1 Å². The molecule has 21 heteroatoms. The number of halogens is 1. The number of aromatic nitrogens is 2. The van der Waals surface area contributed by atoms with E-state index in [-0.39, 0.29) is 13.0 Å². The molecular formula is C22H31FN3O14P3. The summed E-state index contributed by atoms with van der Waals surface area (Å²) in [6, 6.07) is 7.54. The molecule has 1 fully saturated rings. The molecule has 3 N–H and O–H groups in total. The molecule has 0 saturated carbocycles. The fraction of sp³-hybridized carbons (Fsp3) is 0.500. The molecule has 0 amide bonds. The van der Waals surface area contributed by atoms with Crippen molar-refractivity contribution < 1.29 is 59.7 Å². The topological polar surface area (TPSA) is 220 Å². The number of aliphatic hydroxyl groups is 1. The number of hydrogen-bond acceptors (Lipinski definition) is 14. The van der Waals surface area contributed by atoms with E-state index in [0.717, 1.165) is 20.9 Å². The van der Waals surface area contributed by atoms with E-state index in [2.05, 4.69) is 9.61 Å². The first kappa shape index (κ1) is 35.2. The molecule has 0 spiro atoms. The first-order chi connectivity index (χ1) is 20.1. The molecule has 1 aliphatic heterocycles. The lowest BCUT2D eigenvalue weighted by Crippen LogP contribution is -2.34. The number of esters is 1. The van der Waals surface area contributed by atoms with Crippen molar-refractivity contribution >= 4 is 29.1 Å². The van der Waals surface area contributed by atoms with Crippen LogP contribution >= 0.6 is 23.2 Å². The summed E-state index contributed by atoms with van der Waals surface area (Å²) >= 11 is 0. The maximum Gasteiger partial charge on any atom is 0.490 e. The number of phosphoric ester groups is 1. The molecule has 1 aromatic carbocycles. The van der Waals surface area contributed by atoms with E-state index in [1.807, 2.05) is 0 Å². The molecule has 17 nitrogen and oxygen atoms in total. The van der Waals surface area contributed by atoms with E-state index >= 15 is 0 Å². The number of phosphoric acid groups is 2. The Morgan fingerprint density at radius 2 is 1.81 bits per heavy atom. The van der Waals surface area contributed by atoms with Crippen LogP contribution in [0.4, 0.5) is 4.39 Å². The number of nitrogens with one attached hydrogen (secondary N) is 2. The van der Waals surface area contributed by atoms with Crippen molar-refractivity contribution in [1.29, 1.82) is 0 Å². The molecule has 0 aliphatic carbocycles. The van der Waals surface area contributed by atoms with Crippen LogP contribution in [-0.2, 0) is 56.8 Å². The van der Waals surface area contributed by atoms with Crippen LogP contribution in [0.2, 0.25) is 0 Å². The molecule has 2 heterocycles. The molecule has 1 aromatic heterocycles. The number of aliphatic hydroxyl groups excluding tert-OH is 1. The average Bonchev–Trinajstić information content (AvgIpc) is 3.32. The van der Waals surface area contributed by atoms with Gasteiger partial charge >= 0.3 is 27.3 Å². The van der Waals surface area contributed by atoms with Crippen LogP contribution in [-0.4, -0.2) is 66.4 Å². The van der Waals surface area contributed by atoms with Crippen molar-refractivity contribution in [3.63, 3.8) is 0 Å². The molecule has 0 radical (unpaired) electrons. The van der Waals surface area contributed by atoms with Gasteiger partial charge in [-0.3, -0.25) is 37.3 Å². The monoisotopic (exact) mass is 673 g/mol. The molecular weight excluding hydrogens is 642 g/mol. The highest BCUT2D eigenvalue weighted by Crippen LogP contribution is 2.70. The molecule has 1 aliphatic rings. The van der Waals surface area contributed by atoms with Gasteiger partial charge in [0.2, 0.25) is 5.82 Å². The van der Waals surface area contributed by atoms with Crippen molar-refractivity contribution in [2.24, 2.45) is 0 Å². The maximum absolute atomic E-state index is 13.7. The van der Waals surface area contributed by atoms with E-state index in [9.17, 15) is 37.6 Å². The van der Waals surface area contributed by atoms with Crippen molar-refractivity contribution in [2.45, 2.75) is 44.4 Å². The average molecular weight is 673 g/mol. The van der Waals surface area contributed by atoms with E-state index in [0.29, 0.717) is 16.3 Å². The number of rotatable bonds is 15. The van der Waals surface area contributed by atoms with Gasteiger partial charge < -0.3 is 14.6 Å². The van der Waals surface area contributed by atoms with Gasteiger partial charge in [-0.2, -0.15) is 8.70 Å². The van der Waals surface area contributed by atoms with E-state index in [1.165, 1.54) is 6.92 Å². The number of ether oxygens (including phenoxy) is 2. The number of aromatic amines is 1. The molecule has 7 atom stereocenters. The lowest BCUT2D eigenvalue weighted by molar-refractivity contribution is -0.146. The molecule has 2 aromatic rings.